The van der Waals surface area contributed by atoms with Gasteiger partial charge in [0.15, 0.2) is 0 Å². The van der Waals surface area contributed by atoms with Gasteiger partial charge in [-0.25, -0.2) is 9.97 Å². The van der Waals surface area contributed by atoms with Gasteiger partial charge in [-0.05, 0) is 31.2 Å². The molecule has 1 aliphatic heterocycles. The normalized spacial score (nSPS) is 17.3. The Morgan fingerprint density at radius 2 is 2.11 bits per heavy atom. The van der Waals surface area contributed by atoms with Gasteiger partial charge in [0.1, 0.15) is 28.4 Å². The highest BCUT2D eigenvalue weighted by Crippen LogP contribution is 2.36. The van der Waals surface area contributed by atoms with Gasteiger partial charge in [0.05, 0.1) is 24.9 Å². The van der Waals surface area contributed by atoms with Crippen LogP contribution < -0.4 is 10.6 Å². The van der Waals surface area contributed by atoms with Crippen molar-refractivity contribution in [1.29, 1.82) is 0 Å². The van der Waals surface area contributed by atoms with E-state index in [-0.39, 0.29) is 6.04 Å². The average Bonchev–Trinajstić information content (AvgIpc) is 3.37. The third-order valence-electron chi connectivity index (χ3n) is 5.06. The van der Waals surface area contributed by atoms with E-state index in [2.05, 4.69) is 37.2 Å². The number of anilines is 2. The number of aromatic amines is 2. The van der Waals surface area contributed by atoms with E-state index in [1.165, 1.54) is 0 Å². The predicted octanol–water partition coefficient (Wildman–Crippen LogP) is 2.22. The van der Waals surface area contributed by atoms with Crippen molar-refractivity contribution in [3.05, 3.63) is 36.7 Å². The van der Waals surface area contributed by atoms with Crippen LogP contribution in [-0.4, -0.2) is 56.2 Å². The Labute approximate surface area is 160 Å². The summed E-state index contributed by atoms with van der Waals surface area (Å²) in [6.45, 7) is 4.25. The van der Waals surface area contributed by atoms with E-state index in [1.807, 2.05) is 24.3 Å². The third-order valence-corrected chi connectivity index (χ3v) is 5.06. The topological polar surface area (TPSA) is 122 Å². The molecule has 9 nitrogen and oxygen atoms in total. The summed E-state index contributed by atoms with van der Waals surface area (Å²) in [6.07, 6.45) is 3.39. The Morgan fingerprint density at radius 3 is 2.89 bits per heavy atom. The van der Waals surface area contributed by atoms with E-state index >= 15 is 0 Å². The van der Waals surface area contributed by atoms with Crippen LogP contribution in [0.2, 0.25) is 0 Å². The number of aromatic nitrogens is 6. The Bertz CT molecular complexity index is 1120. The summed E-state index contributed by atoms with van der Waals surface area (Å²) in [5.41, 5.74) is 11.0. The number of H-pyrrole nitrogens is 2. The second-order valence-corrected chi connectivity index (χ2v) is 6.85. The van der Waals surface area contributed by atoms with Gasteiger partial charge in [-0.1, -0.05) is 0 Å². The molecule has 0 bridgehead atoms. The first-order valence-electron chi connectivity index (χ1n) is 9.16. The fourth-order valence-electron chi connectivity index (χ4n) is 3.63. The predicted molar refractivity (Wildman–Crippen MR) is 107 cm³/mol. The molecular weight excluding hydrogens is 356 g/mol. The van der Waals surface area contributed by atoms with Gasteiger partial charge >= 0.3 is 0 Å². The van der Waals surface area contributed by atoms with Crippen molar-refractivity contribution < 1.29 is 4.74 Å². The minimum Gasteiger partial charge on any atom is -0.383 e. The number of nitrogens with zero attached hydrogens (tertiary/aromatic N) is 5. The summed E-state index contributed by atoms with van der Waals surface area (Å²) in [4.78, 5) is 11.4. The number of hydrogen-bond donors (Lipinski definition) is 3. The standard InChI is InChI=1S/C19H20N8O/c1-11-10-28-8-7-27(11)15-9-13(12-3-2-5-21-19(12)20)16-18(23-15)17(26-25-16)14-4-6-22-24-14/h2-6,9,11H,7-8,10H2,1H3,(H2,20,21)(H,22,24)(H,25,26). The molecule has 142 valence electrons. The zero-order chi connectivity index (χ0) is 19.1. The molecule has 0 aromatic carbocycles. The fraction of sp³-hybridized carbons (Fsp3) is 0.263. The van der Waals surface area contributed by atoms with Gasteiger partial charge in [0, 0.05) is 30.1 Å². The molecule has 0 spiro atoms. The Hall–Kier alpha value is -3.46. The summed E-state index contributed by atoms with van der Waals surface area (Å²) in [5.74, 6) is 1.32. The lowest BCUT2D eigenvalue weighted by Gasteiger charge is -2.34. The highest BCUT2D eigenvalue weighted by Gasteiger charge is 2.24. The van der Waals surface area contributed by atoms with Crippen molar-refractivity contribution in [3.8, 4) is 22.5 Å². The highest BCUT2D eigenvalue weighted by atomic mass is 16.5. The fourth-order valence-corrected chi connectivity index (χ4v) is 3.63. The largest absolute Gasteiger partial charge is 0.383 e. The molecule has 5 heterocycles. The van der Waals surface area contributed by atoms with Gasteiger partial charge in [0.2, 0.25) is 0 Å². The second-order valence-electron chi connectivity index (χ2n) is 6.85. The number of hydrogen-bond acceptors (Lipinski definition) is 7. The monoisotopic (exact) mass is 376 g/mol. The molecule has 9 heteroatoms. The van der Waals surface area contributed by atoms with Crippen LogP contribution >= 0.6 is 0 Å². The maximum absolute atomic E-state index is 6.18. The molecular formula is C19H20N8O. The average molecular weight is 376 g/mol. The van der Waals surface area contributed by atoms with E-state index in [4.69, 9.17) is 15.5 Å². The first-order chi connectivity index (χ1) is 13.7. The summed E-state index contributed by atoms with van der Waals surface area (Å²) in [6, 6.07) is 7.97. The number of nitrogen functional groups attached to an aromatic ring is 1. The molecule has 1 atom stereocenters. The molecule has 4 aromatic rings. The maximum atomic E-state index is 6.18. The van der Waals surface area contributed by atoms with Gasteiger partial charge in [-0.15, -0.1) is 0 Å². The molecule has 1 fully saturated rings. The molecule has 4 N–H and O–H groups in total. The maximum Gasteiger partial charge on any atom is 0.131 e. The first-order valence-corrected chi connectivity index (χ1v) is 9.16. The highest BCUT2D eigenvalue weighted by molar-refractivity contribution is 6.01. The number of rotatable bonds is 3. The number of nitrogens with two attached hydrogens (primary N) is 1. The van der Waals surface area contributed by atoms with Crippen molar-refractivity contribution in [1.82, 2.24) is 30.4 Å². The van der Waals surface area contributed by atoms with E-state index in [0.29, 0.717) is 19.0 Å². The summed E-state index contributed by atoms with van der Waals surface area (Å²) < 4.78 is 5.59. The lowest BCUT2D eigenvalue weighted by molar-refractivity contribution is 0.0986. The second kappa shape index (κ2) is 6.61. The molecule has 1 unspecified atom stereocenters. The molecule has 1 aliphatic rings. The van der Waals surface area contributed by atoms with Crippen LogP contribution in [0, 0.1) is 0 Å². The van der Waals surface area contributed by atoms with E-state index in [1.54, 1.807) is 12.4 Å². The van der Waals surface area contributed by atoms with Gasteiger partial charge in [-0.3, -0.25) is 10.2 Å². The van der Waals surface area contributed by atoms with Crippen molar-refractivity contribution >= 4 is 22.7 Å². The van der Waals surface area contributed by atoms with Crippen LogP contribution in [0.5, 0.6) is 0 Å². The number of pyridine rings is 2. The van der Waals surface area contributed by atoms with Crippen molar-refractivity contribution in [3.63, 3.8) is 0 Å². The zero-order valence-corrected chi connectivity index (χ0v) is 15.4. The Kier molecular flexibility index (Phi) is 3.94. The third kappa shape index (κ3) is 2.67. The molecule has 0 saturated carbocycles. The summed E-state index contributed by atoms with van der Waals surface area (Å²) in [5, 5.41) is 14.7. The van der Waals surface area contributed by atoms with Crippen LogP contribution in [-0.2, 0) is 4.74 Å². The molecule has 0 radical (unpaired) electrons. The van der Waals surface area contributed by atoms with Crippen LogP contribution in [0.4, 0.5) is 11.6 Å². The molecule has 4 aromatic heterocycles. The first kappa shape index (κ1) is 16.7. The number of morpholine rings is 1. The zero-order valence-electron chi connectivity index (χ0n) is 15.4. The van der Waals surface area contributed by atoms with Crippen molar-refractivity contribution in [2.24, 2.45) is 0 Å². The number of ether oxygens (including phenoxy) is 1. The van der Waals surface area contributed by atoms with E-state index in [9.17, 15) is 0 Å². The SMILES string of the molecule is CC1COCCN1c1cc(-c2cccnc2N)c2n[nH]c(-c3ccn[nH]3)c2n1. The molecule has 0 aliphatic carbocycles. The van der Waals surface area contributed by atoms with E-state index in [0.717, 1.165) is 45.9 Å². The summed E-state index contributed by atoms with van der Waals surface area (Å²) >= 11 is 0. The Balaban J connectivity index is 1.77. The van der Waals surface area contributed by atoms with Gasteiger partial charge < -0.3 is 15.4 Å². The Morgan fingerprint density at radius 1 is 1.18 bits per heavy atom. The minimum absolute atomic E-state index is 0.223. The number of nitrogens with one attached hydrogen (secondary N) is 2. The summed E-state index contributed by atoms with van der Waals surface area (Å²) in [7, 11) is 0. The van der Waals surface area contributed by atoms with E-state index < -0.39 is 0 Å². The van der Waals surface area contributed by atoms with Crippen molar-refractivity contribution in [2.75, 3.05) is 30.4 Å². The lowest BCUT2D eigenvalue weighted by atomic mass is 10.0. The quantitative estimate of drug-likeness (QED) is 0.501. The molecule has 5 rings (SSSR count). The molecule has 1 saturated heterocycles. The van der Waals surface area contributed by atoms with Crippen LogP contribution in [0.1, 0.15) is 6.92 Å². The molecule has 0 amide bonds. The minimum atomic E-state index is 0.223. The number of fused-ring (bicyclic) bond motifs is 1. The molecule has 28 heavy (non-hydrogen) atoms. The van der Waals surface area contributed by atoms with Crippen molar-refractivity contribution in [2.45, 2.75) is 13.0 Å². The van der Waals surface area contributed by atoms with Crippen LogP contribution in [0.15, 0.2) is 36.7 Å². The van der Waals surface area contributed by atoms with Gasteiger partial charge in [0.25, 0.3) is 0 Å². The smallest absolute Gasteiger partial charge is 0.131 e. The lowest BCUT2D eigenvalue weighted by Crippen LogP contribution is -2.44. The van der Waals surface area contributed by atoms with Crippen LogP contribution in [0.3, 0.4) is 0 Å². The van der Waals surface area contributed by atoms with Gasteiger partial charge in [-0.2, -0.15) is 10.2 Å². The van der Waals surface area contributed by atoms with Crippen LogP contribution in [0.25, 0.3) is 33.5 Å².